The normalized spacial score (nSPS) is 24.9. The van der Waals surface area contributed by atoms with Gasteiger partial charge in [-0.15, -0.1) is 0 Å². The summed E-state index contributed by atoms with van der Waals surface area (Å²) in [5, 5.41) is 0. The van der Waals surface area contributed by atoms with Gasteiger partial charge in [-0.2, -0.15) is 0 Å². The van der Waals surface area contributed by atoms with E-state index in [0.717, 1.165) is 0 Å². The fraction of sp³-hybridized carbons (Fsp3) is 1.00. The van der Waals surface area contributed by atoms with E-state index >= 15 is 0 Å². The Hall–Kier alpha value is -0.220. The summed E-state index contributed by atoms with van der Waals surface area (Å²) in [6.07, 6.45) is 1.03. The van der Waals surface area contributed by atoms with Gasteiger partial charge in [-0.05, 0) is 25.7 Å². The van der Waals surface area contributed by atoms with Crippen LogP contribution >= 0.6 is 0 Å². The van der Waals surface area contributed by atoms with Crippen LogP contribution in [0.5, 0.6) is 0 Å². The van der Waals surface area contributed by atoms with Crippen LogP contribution < -0.4 is 5.73 Å². The van der Waals surface area contributed by atoms with Gasteiger partial charge >= 0.3 is 0 Å². The van der Waals surface area contributed by atoms with Crippen molar-refractivity contribution < 1.29 is 13.5 Å². The van der Waals surface area contributed by atoms with Crippen molar-refractivity contribution in [2.75, 3.05) is 13.2 Å². The average Bonchev–Trinajstić information content (AvgIpc) is 2.14. The van der Waals surface area contributed by atoms with Gasteiger partial charge in [0.1, 0.15) is 0 Å². The molecule has 1 saturated carbocycles. The SMILES string of the molecule is CCOCC(N)C1CCC(F)(F)CC1. The second-order valence-corrected chi connectivity index (χ2v) is 4.02. The van der Waals surface area contributed by atoms with Crippen molar-refractivity contribution in [2.45, 2.75) is 44.6 Å². The highest BCUT2D eigenvalue weighted by molar-refractivity contribution is 4.83. The maximum absolute atomic E-state index is 12.8. The summed E-state index contributed by atoms with van der Waals surface area (Å²) in [6, 6.07) is -0.0777. The highest BCUT2D eigenvalue weighted by Gasteiger charge is 2.36. The molecule has 0 aliphatic heterocycles. The van der Waals surface area contributed by atoms with E-state index in [1.165, 1.54) is 0 Å². The summed E-state index contributed by atoms with van der Waals surface area (Å²) in [4.78, 5) is 0. The fourth-order valence-corrected chi connectivity index (χ4v) is 1.88. The van der Waals surface area contributed by atoms with Gasteiger partial charge in [-0.3, -0.25) is 0 Å². The molecule has 1 aliphatic rings. The van der Waals surface area contributed by atoms with E-state index in [9.17, 15) is 8.78 Å². The number of hydrogen-bond acceptors (Lipinski definition) is 2. The van der Waals surface area contributed by atoms with E-state index in [2.05, 4.69) is 0 Å². The number of hydrogen-bond donors (Lipinski definition) is 1. The van der Waals surface area contributed by atoms with Crippen molar-refractivity contribution in [2.24, 2.45) is 11.7 Å². The summed E-state index contributed by atoms with van der Waals surface area (Å²) in [6.45, 7) is 3.03. The smallest absolute Gasteiger partial charge is 0.248 e. The lowest BCUT2D eigenvalue weighted by molar-refractivity contribution is -0.0513. The zero-order chi connectivity index (χ0) is 10.6. The largest absolute Gasteiger partial charge is 0.380 e. The van der Waals surface area contributed by atoms with Gasteiger partial charge in [0.2, 0.25) is 5.92 Å². The lowest BCUT2D eigenvalue weighted by atomic mass is 9.82. The third-order valence-corrected chi connectivity index (χ3v) is 2.88. The molecule has 14 heavy (non-hydrogen) atoms. The first-order valence-corrected chi connectivity index (χ1v) is 5.26. The molecule has 0 aromatic heterocycles. The van der Waals surface area contributed by atoms with Crippen LogP contribution in [0.25, 0.3) is 0 Å². The number of nitrogens with two attached hydrogens (primary N) is 1. The topological polar surface area (TPSA) is 35.2 Å². The number of rotatable bonds is 4. The Labute approximate surface area is 83.8 Å². The minimum absolute atomic E-state index is 0.0164. The predicted octanol–water partition coefficient (Wildman–Crippen LogP) is 2.18. The molecule has 84 valence electrons. The van der Waals surface area contributed by atoms with E-state index in [4.69, 9.17) is 10.5 Å². The molecule has 1 atom stereocenters. The van der Waals surface area contributed by atoms with Crippen LogP contribution in [0.4, 0.5) is 8.78 Å². The Bertz CT molecular complexity index is 166. The number of halogens is 2. The Kier molecular flexibility index (Phi) is 4.26. The molecule has 0 saturated heterocycles. The molecule has 0 bridgehead atoms. The van der Waals surface area contributed by atoms with Gasteiger partial charge in [-0.25, -0.2) is 8.78 Å². The summed E-state index contributed by atoms with van der Waals surface area (Å²) >= 11 is 0. The van der Waals surface area contributed by atoms with E-state index < -0.39 is 5.92 Å². The molecule has 0 heterocycles. The summed E-state index contributed by atoms with van der Waals surface area (Å²) in [5.41, 5.74) is 5.85. The highest BCUT2D eigenvalue weighted by Crippen LogP contribution is 2.36. The van der Waals surface area contributed by atoms with Gasteiger partial charge in [0.25, 0.3) is 0 Å². The Morgan fingerprint density at radius 3 is 2.50 bits per heavy atom. The minimum atomic E-state index is -2.46. The Balaban J connectivity index is 2.27. The average molecular weight is 207 g/mol. The van der Waals surface area contributed by atoms with Crippen LogP contribution in [0.15, 0.2) is 0 Å². The van der Waals surface area contributed by atoms with Gasteiger partial charge < -0.3 is 10.5 Å². The van der Waals surface area contributed by atoms with Crippen molar-refractivity contribution in [1.29, 1.82) is 0 Å². The van der Waals surface area contributed by atoms with Crippen molar-refractivity contribution >= 4 is 0 Å². The Morgan fingerprint density at radius 1 is 1.43 bits per heavy atom. The predicted molar refractivity (Wildman–Crippen MR) is 51.4 cm³/mol. The number of alkyl halides is 2. The molecule has 1 aliphatic carbocycles. The third-order valence-electron chi connectivity index (χ3n) is 2.88. The second-order valence-electron chi connectivity index (χ2n) is 4.02. The first kappa shape index (κ1) is 11.9. The van der Waals surface area contributed by atoms with Crippen molar-refractivity contribution in [3.8, 4) is 0 Å². The molecule has 0 aromatic rings. The van der Waals surface area contributed by atoms with E-state index in [-0.39, 0.29) is 24.8 Å². The fourth-order valence-electron chi connectivity index (χ4n) is 1.88. The molecule has 2 N–H and O–H groups in total. The maximum Gasteiger partial charge on any atom is 0.248 e. The lowest BCUT2D eigenvalue weighted by Gasteiger charge is -2.31. The zero-order valence-electron chi connectivity index (χ0n) is 8.64. The van der Waals surface area contributed by atoms with E-state index in [1.807, 2.05) is 6.92 Å². The first-order valence-electron chi connectivity index (χ1n) is 5.26. The van der Waals surface area contributed by atoms with Crippen LogP contribution in [0.2, 0.25) is 0 Å². The Morgan fingerprint density at radius 2 is 2.00 bits per heavy atom. The molecule has 0 radical (unpaired) electrons. The molecular weight excluding hydrogens is 188 g/mol. The molecule has 1 rings (SSSR count). The molecule has 0 spiro atoms. The van der Waals surface area contributed by atoms with Crippen molar-refractivity contribution in [1.82, 2.24) is 0 Å². The third kappa shape index (κ3) is 3.50. The molecular formula is C10H19F2NO. The first-order chi connectivity index (χ1) is 6.55. The summed E-state index contributed by atoms with van der Waals surface area (Å²) in [5.74, 6) is -2.25. The molecule has 1 fully saturated rings. The van der Waals surface area contributed by atoms with Crippen molar-refractivity contribution in [3.05, 3.63) is 0 Å². The van der Waals surface area contributed by atoms with Gasteiger partial charge in [0.15, 0.2) is 0 Å². The van der Waals surface area contributed by atoms with Gasteiger partial charge in [-0.1, -0.05) is 0 Å². The van der Waals surface area contributed by atoms with E-state index in [1.54, 1.807) is 0 Å². The summed E-state index contributed by atoms with van der Waals surface area (Å²) < 4.78 is 30.8. The molecule has 0 aromatic carbocycles. The van der Waals surface area contributed by atoms with Crippen LogP contribution in [-0.4, -0.2) is 25.2 Å². The molecule has 4 heteroatoms. The molecule has 1 unspecified atom stereocenters. The highest BCUT2D eigenvalue weighted by atomic mass is 19.3. The molecule has 0 amide bonds. The van der Waals surface area contributed by atoms with Crippen LogP contribution in [-0.2, 0) is 4.74 Å². The summed E-state index contributed by atoms with van der Waals surface area (Å²) in [7, 11) is 0. The van der Waals surface area contributed by atoms with Gasteiger partial charge in [0.05, 0.1) is 6.61 Å². The number of ether oxygens (including phenoxy) is 1. The van der Waals surface area contributed by atoms with Crippen molar-refractivity contribution in [3.63, 3.8) is 0 Å². The molecule has 2 nitrogen and oxygen atoms in total. The second kappa shape index (κ2) is 5.03. The van der Waals surface area contributed by atoms with Crippen LogP contribution in [0.1, 0.15) is 32.6 Å². The van der Waals surface area contributed by atoms with Crippen LogP contribution in [0.3, 0.4) is 0 Å². The van der Waals surface area contributed by atoms with Gasteiger partial charge in [0, 0.05) is 25.5 Å². The standard InChI is InChI=1S/C10H19F2NO/c1-2-14-7-9(13)8-3-5-10(11,12)6-4-8/h8-9H,2-7,13H2,1H3. The maximum atomic E-state index is 12.8. The minimum Gasteiger partial charge on any atom is -0.380 e. The van der Waals surface area contributed by atoms with E-state index in [0.29, 0.717) is 26.1 Å². The monoisotopic (exact) mass is 207 g/mol. The van der Waals surface area contributed by atoms with Crippen LogP contribution in [0, 0.1) is 5.92 Å². The lowest BCUT2D eigenvalue weighted by Crippen LogP contribution is -2.39. The quantitative estimate of drug-likeness (QED) is 0.766. The zero-order valence-corrected chi connectivity index (χ0v) is 8.64.